The van der Waals surface area contributed by atoms with Crippen LogP contribution in [0, 0.1) is 0 Å². The van der Waals surface area contributed by atoms with Crippen molar-refractivity contribution in [2.75, 3.05) is 49.1 Å². The molecule has 2 atom stereocenters. The Balaban J connectivity index is 1.46. The van der Waals surface area contributed by atoms with E-state index in [0.717, 1.165) is 44.1 Å². The van der Waals surface area contributed by atoms with E-state index in [2.05, 4.69) is 30.7 Å². The largest absolute Gasteiger partial charge is 0.394 e. The molecular formula is C17H27N5O. The number of likely N-dealkylation sites (tertiary alicyclic amines) is 1. The lowest BCUT2D eigenvalue weighted by Gasteiger charge is -2.26. The lowest BCUT2D eigenvalue weighted by Crippen LogP contribution is -2.35. The van der Waals surface area contributed by atoms with Crippen LogP contribution in [-0.2, 0) is 0 Å². The predicted molar refractivity (Wildman–Crippen MR) is 90.9 cm³/mol. The molecule has 3 aliphatic heterocycles. The summed E-state index contributed by atoms with van der Waals surface area (Å²) in [6.07, 6.45) is 7.81. The van der Waals surface area contributed by atoms with Crippen LogP contribution in [0.4, 0.5) is 11.6 Å². The number of aliphatic hydroxyl groups excluding tert-OH is 1. The fraction of sp³-hybridized carbons (Fsp3) is 0.765. The molecular weight excluding hydrogens is 290 g/mol. The van der Waals surface area contributed by atoms with Crippen LogP contribution in [0.2, 0.25) is 0 Å². The predicted octanol–water partition coefficient (Wildman–Crippen LogP) is 1.11. The summed E-state index contributed by atoms with van der Waals surface area (Å²) in [5, 5.41) is 9.53. The molecule has 0 bridgehead atoms. The number of rotatable bonds is 4. The first kappa shape index (κ1) is 15.1. The van der Waals surface area contributed by atoms with E-state index < -0.39 is 0 Å². The average molecular weight is 317 g/mol. The van der Waals surface area contributed by atoms with Crippen LogP contribution in [0.25, 0.3) is 0 Å². The summed E-state index contributed by atoms with van der Waals surface area (Å²) in [7, 11) is 0. The smallest absolute Gasteiger partial charge is 0.134 e. The zero-order valence-electron chi connectivity index (χ0n) is 13.8. The van der Waals surface area contributed by atoms with Gasteiger partial charge >= 0.3 is 0 Å². The van der Waals surface area contributed by atoms with E-state index in [9.17, 15) is 5.11 Å². The summed E-state index contributed by atoms with van der Waals surface area (Å²) in [5.41, 5.74) is 0. The topological polar surface area (TPSA) is 55.7 Å². The fourth-order valence-corrected chi connectivity index (χ4v) is 4.35. The van der Waals surface area contributed by atoms with Crippen molar-refractivity contribution in [1.82, 2.24) is 14.9 Å². The van der Waals surface area contributed by atoms with Gasteiger partial charge in [0, 0.05) is 31.7 Å². The number of anilines is 2. The van der Waals surface area contributed by atoms with Crippen molar-refractivity contribution in [1.29, 1.82) is 0 Å². The second-order valence-electron chi connectivity index (χ2n) is 7.04. The van der Waals surface area contributed by atoms with Crippen molar-refractivity contribution in [2.45, 2.75) is 44.2 Å². The van der Waals surface area contributed by atoms with E-state index in [4.69, 9.17) is 0 Å². The summed E-state index contributed by atoms with van der Waals surface area (Å²) in [4.78, 5) is 16.2. The van der Waals surface area contributed by atoms with Crippen LogP contribution in [0.5, 0.6) is 0 Å². The van der Waals surface area contributed by atoms with E-state index in [0.29, 0.717) is 6.04 Å². The molecule has 126 valence electrons. The summed E-state index contributed by atoms with van der Waals surface area (Å²) in [6, 6.07) is 3.02. The van der Waals surface area contributed by atoms with Crippen LogP contribution in [-0.4, -0.2) is 71.4 Å². The summed E-state index contributed by atoms with van der Waals surface area (Å²) < 4.78 is 0. The minimum Gasteiger partial charge on any atom is -0.394 e. The number of aromatic nitrogens is 2. The highest BCUT2D eigenvalue weighted by atomic mass is 16.3. The molecule has 0 spiro atoms. The molecule has 0 amide bonds. The molecule has 4 heterocycles. The third-order valence-corrected chi connectivity index (χ3v) is 5.66. The van der Waals surface area contributed by atoms with E-state index in [-0.39, 0.29) is 12.6 Å². The minimum absolute atomic E-state index is 0.208. The molecule has 4 rings (SSSR count). The van der Waals surface area contributed by atoms with Gasteiger partial charge in [-0.25, -0.2) is 9.97 Å². The first-order valence-corrected chi connectivity index (χ1v) is 9.03. The lowest BCUT2D eigenvalue weighted by atomic mass is 10.2. The van der Waals surface area contributed by atoms with Gasteiger partial charge in [-0.3, -0.25) is 4.90 Å². The fourth-order valence-electron chi connectivity index (χ4n) is 4.35. The molecule has 6 heteroatoms. The van der Waals surface area contributed by atoms with Crippen molar-refractivity contribution >= 4 is 11.6 Å². The van der Waals surface area contributed by atoms with Gasteiger partial charge in [0.15, 0.2) is 0 Å². The lowest BCUT2D eigenvalue weighted by molar-refractivity contribution is 0.260. The second-order valence-corrected chi connectivity index (χ2v) is 7.04. The number of nitrogens with zero attached hydrogens (tertiary/aromatic N) is 5. The van der Waals surface area contributed by atoms with Gasteiger partial charge in [0.1, 0.15) is 18.0 Å². The molecule has 0 unspecified atom stereocenters. The van der Waals surface area contributed by atoms with Gasteiger partial charge in [-0.2, -0.15) is 0 Å². The van der Waals surface area contributed by atoms with Crippen molar-refractivity contribution in [2.24, 2.45) is 0 Å². The molecule has 1 aromatic heterocycles. The van der Waals surface area contributed by atoms with Gasteiger partial charge in [0.25, 0.3) is 0 Å². The Labute approximate surface area is 138 Å². The normalized spacial score (nSPS) is 28.9. The molecule has 0 aliphatic carbocycles. The van der Waals surface area contributed by atoms with E-state index in [1.54, 1.807) is 6.33 Å². The Morgan fingerprint density at radius 1 is 1.00 bits per heavy atom. The molecule has 1 aromatic rings. The zero-order chi connectivity index (χ0) is 15.6. The molecule has 3 aliphatic rings. The van der Waals surface area contributed by atoms with Crippen LogP contribution in [0.15, 0.2) is 12.4 Å². The Kier molecular flexibility index (Phi) is 4.35. The highest BCUT2D eigenvalue weighted by Gasteiger charge is 2.31. The Bertz CT molecular complexity index is 533. The number of hydrogen-bond acceptors (Lipinski definition) is 6. The van der Waals surface area contributed by atoms with Crippen molar-refractivity contribution < 1.29 is 5.11 Å². The maximum atomic E-state index is 9.53. The first-order chi connectivity index (χ1) is 11.3. The molecule has 1 N–H and O–H groups in total. The number of aliphatic hydroxyl groups is 1. The second kappa shape index (κ2) is 6.61. The minimum atomic E-state index is 0.208. The van der Waals surface area contributed by atoms with Gasteiger partial charge in [-0.1, -0.05) is 0 Å². The molecule has 3 fully saturated rings. The third-order valence-electron chi connectivity index (χ3n) is 5.66. The zero-order valence-corrected chi connectivity index (χ0v) is 13.8. The first-order valence-electron chi connectivity index (χ1n) is 9.03. The van der Waals surface area contributed by atoms with E-state index in [1.807, 2.05) is 0 Å². The molecule has 3 saturated heterocycles. The standard InChI is InChI=1S/C17H27N5O/c23-12-15-4-3-8-22(15)17-10-16(18-13-19-17)21-9-5-14(11-21)20-6-1-2-7-20/h10,13-15,23H,1-9,11-12H2/t14-,15-/m1/s1. The third kappa shape index (κ3) is 3.02. The molecule has 0 radical (unpaired) electrons. The quantitative estimate of drug-likeness (QED) is 0.898. The Hall–Kier alpha value is -1.40. The molecule has 23 heavy (non-hydrogen) atoms. The molecule has 0 aromatic carbocycles. The van der Waals surface area contributed by atoms with Crippen LogP contribution < -0.4 is 9.80 Å². The SMILES string of the molecule is OC[C@H]1CCCN1c1cc(N2CC[C@@H](N3CCCC3)C2)ncn1. The number of hydrogen-bond donors (Lipinski definition) is 1. The van der Waals surface area contributed by atoms with Crippen molar-refractivity contribution in [3.63, 3.8) is 0 Å². The molecule has 6 nitrogen and oxygen atoms in total. The molecule has 0 saturated carbocycles. The van der Waals surface area contributed by atoms with Gasteiger partial charge in [-0.05, 0) is 45.2 Å². The summed E-state index contributed by atoms with van der Waals surface area (Å²) >= 11 is 0. The van der Waals surface area contributed by atoms with E-state index >= 15 is 0 Å². The maximum absolute atomic E-state index is 9.53. The summed E-state index contributed by atoms with van der Waals surface area (Å²) in [6.45, 7) is 5.89. The van der Waals surface area contributed by atoms with Gasteiger partial charge in [0.05, 0.1) is 12.6 Å². The van der Waals surface area contributed by atoms with Crippen LogP contribution in [0.3, 0.4) is 0 Å². The van der Waals surface area contributed by atoms with Crippen LogP contribution >= 0.6 is 0 Å². The maximum Gasteiger partial charge on any atom is 0.134 e. The highest BCUT2D eigenvalue weighted by molar-refractivity contribution is 5.52. The highest BCUT2D eigenvalue weighted by Crippen LogP contribution is 2.28. The van der Waals surface area contributed by atoms with Gasteiger partial charge in [-0.15, -0.1) is 0 Å². The van der Waals surface area contributed by atoms with Gasteiger partial charge < -0.3 is 14.9 Å². The Morgan fingerprint density at radius 2 is 1.83 bits per heavy atom. The van der Waals surface area contributed by atoms with Crippen LogP contribution in [0.1, 0.15) is 32.1 Å². The van der Waals surface area contributed by atoms with Gasteiger partial charge in [0.2, 0.25) is 0 Å². The summed E-state index contributed by atoms with van der Waals surface area (Å²) in [5.74, 6) is 2.01. The van der Waals surface area contributed by atoms with E-state index in [1.165, 1.54) is 32.4 Å². The Morgan fingerprint density at radius 3 is 2.65 bits per heavy atom. The van der Waals surface area contributed by atoms with Crippen molar-refractivity contribution in [3.8, 4) is 0 Å². The average Bonchev–Trinajstić information content (AvgIpc) is 3.34. The van der Waals surface area contributed by atoms with Crippen molar-refractivity contribution in [3.05, 3.63) is 12.4 Å². The monoisotopic (exact) mass is 317 g/mol.